The summed E-state index contributed by atoms with van der Waals surface area (Å²) in [5.41, 5.74) is 2.52. The van der Waals surface area contributed by atoms with Crippen LogP contribution < -0.4 is 0 Å². The molecule has 4 aromatic rings. The van der Waals surface area contributed by atoms with Gasteiger partial charge in [0.25, 0.3) is 0 Å². The largest absolute Gasteiger partial charge is 0.328 e. The molecule has 162 valence electrons. The monoisotopic (exact) mass is 457 g/mol. The van der Waals surface area contributed by atoms with Crippen molar-refractivity contribution in [2.24, 2.45) is 7.05 Å². The van der Waals surface area contributed by atoms with E-state index in [0.29, 0.717) is 11.3 Å². The van der Waals surface area contributed by atoms with Crippen LogP contribution in [0, 0.1) is 0 Å². The van der Waals surface area contributed by atoms with Crippen molar-refractivity contribution in [3.05, 3.63) is 48.5 Å². The van der Waals surface area contributed by atoms with E-state index in [1.807, 2.05) is 36.7 Å². The predicted molar refractivity (Wildman–Crippen MR) is 120 cm³/mol. The van der Waals surface area contributed by atoms with E-state index in [4.69, 9.17) is 4.98 Å². The van der Waals surface area contributed by atoms with Crippen LogP contribution in [0.5, 0.6) is 0 Å². The Hall–Kier alpha value is -2.76. The highest BCUT2D eigenvalue weighted by atomic mass is 32.2. The molecule has 3 heterocycles. The number of fused-ring (bicyclic) bond motifs is 1. The Bertz CT molecular complexity index is 1330. The Balaban J connectivity index is 1.63. The number of imidazole rings is 1. The second-order valence-corrected chi connectivity index (χ2v) is 10.2. The number of pyridine rings is 1. The SMILES string of the molecule is CCn1c(CSc2nnc(-c3ccncc3)n2C)nc2cc(S(=O)(=O)N(C)C)ccc21. The van der Waals surface area contributed by atoms with Crippen molar-refractivity contribution in [2.45, 2.75) is 29.3 Å². The molecule has 0 saturated heterocycles. The summed E-state index contributed by atoms with van der Waals surface area (Å²) in [6.45, 7) is 2.77. The summed E-state index contributed by atoms with van der Waals surface area (Å²) < 4.78 is 30.2. The van der Waals surface area contributed by atoms with E-state index < -0.39 is 10.0 Å². The van der Waals surface area contributed by atoms with Gasteiger partial charge in [0.15, 0.2) is 11.0 Å². The second kappa shape index (κ2) is 8.40. The van der Waals surface area contributed by atoms with Crippen molar-refractivity contribution in [1.29, 1.82) is 0 Å². The topological polar surface area (TPSA) is 98.8 Å². The van der Waals surface area contributed by atoms with Gasteiger partial charge in [0.05, 0.1) is 21.7 Å². The van der Waals surface area contributed by atoms with E-state index in [2.05, 4.69) is 19.7 Å². The first-order chi connectivity index (χ1) is 14.8. The molecule has 0 N–H and O–H groups in total. The lowest BCUT2D eigenvalue weighted by molar-refractivity contribution is 0.521. The minimum atomic E-state index is -3.51. The van der Waals surface area contributed by atoms with Gasteiger partial charge < -0.3 is 9.13 Å². The van der Waals surface area contributed by atoms with Crippen LogP contribution in [0.15, 0.2) is 52.8 Å². The Morgan fingerprint density at radius 2 is 1.84 bits per heavy atom. The number of aromatic nitrogens is 6. The first kappa shape index (κ1) is 21.5. The number of sulfonamides is 1. The molecule has 0 bridgehead atoms. The number of aryl methyl sites for hydroxylation is 1. The summed E-state index contributed by atoms with van der Waals surface area (Å²) in [6.07, 6.45) is 3.45. The molecule has 31 heavy (non-hydrogen) atoms. The lowest BCUT2D eigenvalue weighted by Crippen LogP contribution is -2.22. The molecule has 0 aliphatic rings. The molecule has 0 aliphatic heterocycles. The smallest absolute Gasteiger partial charge is 0.242 e. The molecule has 11 heteroatoms. The Kier molecular flexibility index (Phi) is 5.82. The van der Waals surface area contributed by atoms with E-state index in [-0.39, 0.29) is 4.90 Å². The highest BCUT2D eigenvalue weighted by Crippen LogP contribution is 2.28. The van der Waals surface area contributed by atoms with Gasteiger partial charge in [0.1, 0.15) is 5.82 Å². The maximum atomic E-state index is 12.5. The molecule has 0 atom stereocenters. The fourth-order valence-electron chi connectivity index (χ4n) is 3.32. The third kappa shape index (κ3) is 3.95. The lowest BCUT2D eigenvalue weighted by Gasteiger charge is -2.11. The second-order valence-electron chi connectivity index (χ2n) is 7.10. The molecule has 0 radical (unpaired) electrons. The van der Waals surface area contributed by atoms with E-state index in [1.165, 1.54) is 30.2 Å². The van der Waals surface area contributed by atoms with Crippen LogP contribution >= 0.6 is 11.8 Å². The first-order valence-electron chi connectivity index (χ1n) is 9.67. The van der Waals surface area contributed by atoms with Crippen LogP contribution in [-0.2, 0) is 29.4 Å². The summed E-state index contributed by atoms with van der Waals surface area (Å²) in [7, 11) is 1.46. The predicted octanol–water partition coefficient (Wildman–Crippen LogP) is 2.79. The Morgan fingerprint density at radius 3 is 2.52 bits per heavy atom. The van der Waals surface area contributed by atoms with E-state index in [9.17, 15) is 8.42 Å². The number of rotatable bonds is 7. The highest BCUT2D eigenvalue weighted by molar-refractivity contribution is 7.98. The lowest BCUT2D eigenvalue weighted by atomic mass is 10.2. The average molecular weight is 458 g/mol. The van der Waals surface area contributed by atoms with Crippen LogP contribution in [-0.4, -0.2) is 56.1 Å². The molecule has 4 rings (SSSR count). The van der Waals surface area contributed by atoms with E-state index >= 15 is 0 Å². The van der Waals surface area contributed by atoms with Crippen LogP contribution in [0.2, 0.25) is 0 Å². The van der Waals surface area contributed by atoms with Crippen LogP contribution in [0.3, 0.4) is 0 Å². The fraction of sp³-hybridized carbons (Fsp3) is 0.300. The summed E-state index contributed by atoms with van der Waals surface area (Å²) >= 11 is 1.54. The van der Waals surface area contributed by atoms with Gasteiger partial charge >= 0.3 is 0 Å². The molecule has 0 saturated carbocycles. The Labute approximate surface area is 185 Å². The van der Waals surface area contributed by atoms with Crippen molar-refractivity contribution in [3.8, 4) is 11.4 Å². The third-order valence-electron chi connectivity index (χ3n) is 5.00. The molecule has 9 nitrogen and oxygen atoms in total. The van der Waals surface area contributed by atoms with E-state index in [1.54, 1.807) is 24.5 Å². The Morgan fingerprint density at radius 1 is 1.10 bits per heavy atom. The molecule has 1 aromatic carbocycles. The van der Waals surface area contributed by atoms with Crippen molar-refractivity contribution in [3.63, 3.8) is 0 Å². The number of thioether (sulfide) groups is 1. The van der Waals surface area contributed by atoms with Gasteiger partial charge in [-0.05, 0) is 37.3 Å². The van der Waals surface area contributed by atoms with Crippen molar-refractivity contribution in [1.82, 2.24) is 33.6 Å². The molecule has 0 amide bonds. The van der Waals surface area contributed by atoms with Gasteiger partial charge in [0.2, 0.25) is 10.0 Å². The zero-order valence-electron chi connectivity index (χ0n) is 17.7. The van der Waals surface area contributed by atoms with Crippen molar-refractivity contribution >= 4 is 32.8 Å². The summed E-state index contributed by atoms with van der Waals surface area (Å²) in [5.74, 6) is 2.21. The molecule has 0 unspecified atom stereocenters. The molecule has 0 aliphatic carbocycles. The van der Waals surface area contributed by atoms with Gasteiger partial charge in [-0.15, -0.1) is 10.2 Å². The summed E-state index contributed by atoms with van der Waals surface area (Å²) in [5, 5.41) is 9.40. The zero-order valence-corrected chi connectivity index (χ0v) is 19.4. The van der Waals surface area contributed by atoms with Crippen molar-refractivity contribution in [2.75, 3.05) is 14.1 Å². The summed E-state index contributed by atoms with van der Waals surface area (Å²) in [6, 6.07) is 8.88. The first-order valence-corrected chi connectivity index (χ1v) is 12.1. The maximum absolute atomic E-state index is 12.5. The molecule has 0 fully saturated rings. The molecular formula is C20H23N7O2S2. The highest BCUT2D eigenvalue weighted by Gasteiger charge is 2.20. The standard InChI is InChI=1S/C20H23N7O2S2/c1-5-27-17-7-6-15(31(28,29)25(2)3)12-16(17)22-18(27)13-30-20-24-23-19(26(20)4)14-8-10-21-11-9-14/h6-12H,5,13H2,1-4H3. The molecule has 0 spiro atoms. The fourth-order valence-corrected chi connectivity index (χ4v) is 5.10. The van der Waals surface area contributed by atoms with E-state index in [0.717, 1.165) is 34.4 Å². The van der Waals surface area contributed by atoms with Crippen LogP contribution in [0.4, 0.5) is 0 Å². The van der Waals surface area contributed by atoms with Crippen LogP contribution in [0.1, 0.15) is 12.7 Å². The number of nitrogens with zero attached hydrogens (tertiary/aromatic N) is 7. The minimum absolute atomic E-state index is 0.236. The minimum Gasteiger partial charge on any atom is -0.328 e. The van der Waals surface area contributed by atoms with Gasteiger partial charge in [0, 0.05) is 45.6 Å². The van der Waals surface area contributed by atoms with Crippen molar-refractivity contribution < 1.29 is 8.42 Å². The maximum Gasteiger partial charge on any atom is 0.242 e. The quantitative estimate of drug-likeness (QED) is 0.394. The zero-order chi connectivity index (χ0) is 22.2. The number of hydrogen-bond acceptors (Lipinski definition) is 7. The number of benzene rings is 1. The van der Waals surface area contributed by atoms with Gasteiger partial charge in [-0.25, -0.2) is 17.7 Å². The van der Waals surface area contributed by atoms with Gasteiger partial charge in [-0.1, -0.05) is 11.8 Å². The molecule has 3 aromatic heterocycles. The molecular weight excluding hydrogens is 434 g/mol. The number of hydrogen-bond donors (Lipinski definition) is 0. The van der Waals surface area contributed by atoms with Gasteiger partial charge in [-0.2, -0.15) is 0 Å². The van der Waals surface area contributed by atoms with Gasteiger partial charge in [-0.3, -0.25) is 4.98 Å². The normalized spacial score (nSPS) is 12.2. The summed E-state index contributed by atoms with van der Waals surface area (Å²) in [4.78, 5) is 9.00. The van der Waals surface area contributed by atoms with Crippen LogP contribution in [0.25, 0.3) is 22.4 Å². The third-order valence-corrected chi connectivity index (χ3v) is 7.82. The average Bonchev–Trinajstić information content (AvgIpc) is 3.31.